The quantitative estimate of drug-likeness (QED) is 0.583. The third kappa shape index (κ3) is 4.91. The van der Waals surface area contributed by atoms with E-state index in [2.05, 4.69) is 0 Å². The molecule has 1 unspecified atom stereocenters. The molecule has 1 atom stereocenters. The summed E-state index contributed by atoms with van der Waals surface area (Å²) in [5.74, 6) is 0.797. The largest absolute Gasteiger partial charge is 0.492 e. The molecule has 2 rings (SSSR count). The Kier molecular flexibility index (Phi) is 4.05. The number of benzene rings is 1. The van der Waals surface area contributed by atoms with E-state index in [-0.39, 0.29) is 12.7 Å². The maximum Gasteiger partial charge on any atom is 0.268 e. The predicted octanol–water partition coefficient (Wildman–Crippen LogP) is 0.731. The molecule has 1 saturated heterocycles. The molecule has 7 heteroatoms. The number of hydrogen-bond acceptors (Lipinski definition) is 5. The lowest BCUT2D eigenvalue weighted by atomic mass is 10.3. The van der Waals surface area contributed by atoms with Crippen LogP contribution in [0.25, 0.3) is 0 Å². The Bertz CT molecular complexity index is 477. The van der Waals surface area contributed by atoms with Gasteiger partial charge in [-0.05, 0) is 24.3 Å². The van der Waals surface area contributed by atoms with Gasteiger partial charge in [-0.15, -0.1) is 0 Å². The van der Waals surface area contributed by atoms with Gasteiger partial charge in [0.05, 0.1) is 6.61 Å². The van der Waals surface area contributed by atoms with Crippen LogP contribution in [0.4, 0.5) is 0 Å². The van der Waals surface area contributed by atoms with Crippen LogP contribution in [-0.4, -0.2) is 44.6 Å². The first-order chi connectivity index (χ1) is 8.53. The SMILES string of the molecule is O=S(=O)(O)CCOc1ccc(OCC2CO2)cc1. The zero-order valence-electron chi connectivity index (χ0n) is 9.61. The van der Waals surface area contributed by atoms with Gasteiger partial charge < -0.3 is 14.2 Å². The van der Waals surface area contributed by atoms with Gasteiger partial charge in [0.1, 0.15) is 36.6 Å². The Morgan fingerprint density at radius 1 is 1.22 bits per heavy atom. The van der Waals surface area contributed by atoms with Gasteiger partial charge in [-0.3, -0.25) is 4.55 Å². The van der Waals surface area contributed by atoms with Gasteiger partial charge in [-0.2, -0.15) is 8.42 Å². The molecule has 0 aliphatic carbocycles. The lowest BCUT2D eigenvalue weighted by Gasteiger charge is -2.07. The molecule has 0 radical (unpaired) electrons. The highest BCUT2D eigenvalue weighted by atomic mass is 32.2. The summed E-state index contributed by atoms with van der Waals surface area (Å²) in [5, 5.41) is 0. The van der Waals surface area contributed by atoms with Crippen molar-refractivity contribution in [1.82, 2.24) is 0 Å². The molecule has 1 heterocycles. The van der Waals surface area contributed by atoms with Crippen LogP contribution in [0.15, 0.2) is 24.3 Å². The minimum atomic E-state index is -3.98. The maximum absolute atomic E-state index is 10.5. The van der Waals surface area contributed by atoms with Crippen molar-refractivity contribution in [2.75, 3.05) is 25.6 Å². The van der Waals surface area contributed by atoms with Crippen LogP contribution in [0.1, 0.15) is 0 Å². The molecule has 0 bridgehead atoms. The Balaban J connectivity index is 1.75. The average molecular weight is 274 g/mol. The van der Waals surface area contributed by atoms with Crippen molar-refractivity contribution in [3.8, 4) is 11.5 Å². The molecule has 1 aliphatic rings. The van der Waals surface area contributed by atoms with Crippen LogP contribution in [0.5, 0.6) is 11.5 Å². The van der Waals surface area contributed by atoms with E-state index in [1.165, 1.54) is 0 Å². The van der Waals surface area contributed by atoms with Crippen molar-refractivity contribution >= 4 is 10.1 Å². The minimum Gasteiger partial charge on any atom is -0.492 e. The second-order valence-corrected chi connectivity index (χ2v) is 5.44. The van der Waals surface area contributed by atoms with Gasteiger partial charge in [0.15, 0.2) is 0 Å². The van der Waals surface area contributed by atoms with Crippen LogP contribution in [-0.2, 0) is 14.9 Å². The molecule has 1 N–H and O–H groups in total. The van der Waals surface area contributed by atoms with E-state index in [1.807, 2.05) is 0 Å². The van der Waals surface area contributed by atoms with Crippen molar-refractivity contribution in [3.63, 3.8) is 0 Å². The third-order valence-electron chi connectivity index (χ3n) is 2.27. The second kappa shape index (κ2) is 5.55. The van der Waals surface area contributed by atoms with Crippen molar-refractivity contribution in [1.29, 1.82) is 0 Å². The Morgan fingerprint density at radius 2 is 1.78 bits per heavy atom. The summed E-state index contributed by atoms with van der Waals surface area (Å²) in [4.78, 5) is 0. The number of rotatable bonds is 7. The molecular formula is C11H14O6S. The molecule has 0 spiro atoms. The first kappa shape index (κ1) is 13.1. The summed E-state index contributed by atoms with van der Waals surface area (Å²) in [5.41, 5.74) is 0. The van der Waals surface area contributed by atoms with Crippen LogP contribution >= 0.6 is 0 Å². The van der Waals surface area contributed by atoms with Crippen LogP contribution < -0.4 is 9.47 Å². The van der Waals surface area contributed by atoms with Gasteiger partial charge in [-0.1, -0.05) is 0 Å². The van der Waals surface area contributed by atoms with E-state index >= 15 is 0 Å². The zero-order chi connectivity index (χ0) is 13.0. The first-order valence-corrected chi connectivity index (χ1v) is 7.06. The molecule has 18 heavy (non-hydrogen) atoms. The number of hydrogen-bond donors (Lipinski definition) is 1. The highest BCUT2D eigenvalue weighted by molar-refractivity contribution is 7.85. The van der Waals surface area contributed by atoms with E-state index in [1.54, 1.807) is 24.3 Å². The van der Waals surface area contributed by atoms with E-state index in [4.69, 9.17) is 18.8 Å². The molecule has 6 nitrogen and oxygen atoms in total. The van der Waals surface area contributed by atoms with Gasteiger partial charge in [0, 0.05) is 0 Å². The van der Waals surface area contributed by atoms with Gasteiger partial charge in [0.2, 0.25) is 0 Å². The lowest BCUT2D eigenvalue weighted by molar-refractivity contribution is 0.262. The van der Waals surface area contributed by atoms with Crippen molar-refractivity contribution in [2.24, 2.45) is 0 Å². The molecule has 100 valence electrons. The van der Waals surface area contributed by atoms with Gasteiger partial charge >= 0.3 is 0 Å². The van der Waals surface area contributed by atoms with Gasteiger partial charge in [0.25, 0.3) is 10.1 Å². The summed E-state index contributed by atoms with van der Waals surface area (Å²) in [6.07, 6.45) is 0.204. The molecule has 1 aromatic carbocycles. The second-order valence-electron chi connectivity index (χ2n) is 3.87. The monoisotopic (exact) mass is 274 g/mol. The Morgan fingerprint density at radius 3 is 2.28 bits per heavy atom. The summed E-state index contributed by atoms with van der Waals surface area (Å²) in [6.45, 7) is 1.19. The van der Waals surface area contributed by atoms with Crippen molar-refractivity contribution in [3.05, 3.63) is 24.3 Å². The molecule has 1 fully saturated rings. The Hall–Kier alpha value is -1.31. The predicted molar refractivity (Wildman–Crippen MR) is 63.6 cm³/mol. The molecule has 0 aromatic heterocycles. The topological polar surface area (TPSA) is 85.4 Å². The fraction of sp³-hybridized carbons (Fsp3) is 0.455. The lowest BCUT2D eigenvalue weighted by Crippen LogP contribution is -2.12. The third-order valence-corrected chi connectivity index (χ3v) is 2.95. The van der Waals surface area contributed by atoms with E-state index in [0.717, 1.165) is 6.61 Å². The van der Waals surface area contributed by atoms with Gasteiger partial charge in [-0.25, -0.2) is 0 Å². The van der Waals surface area contributed by atoms with E-state index in [9.17, 15) is 8.42 Å². The fourth-order valence-corrected chi connectivity index (χ4v) is 1.54. The maximum atomic E-state index is 10.5. The fourth-order valence-electron chi connectivity index (χ4n) is 1.25. The van der Waals surface area contributed by atoms with E-state index in [0.29, 0.717) is 18.1 Å². The van der Waals surface area contributed by atoms with Crippen LogP contribution in [0.2, 0.25) is 0 Å². The summed E-state index contributed by atoms with van der Waals surface area (Å²) in [7, 11) is -3.98. The Labute approximate surface area is 105 Å². The number of epoxide rings is 1. The highest BCUT2D eigenvalue weighted by Gasteiger charge is 2.22. The minimum absolute atomic E-state index is 0.0883. The normalized spacial score (nSPS) is 18.4. The van der Waals surface area contributed by atoms with Crippen LogP contribution in [0, 0.1) is 0 Å². The zero-order valence-corrected chi connectivity index (χ0v) is 10.4. The standard InChI is InChI=1S/C11H14O6S/c12-18(13,14)6-5-15-9-1-3-10(4-2-9)16-7-11-8-17-11/h1-4,11H,5-8H2,(H,12,13,14). The number of ether oxygens (including phenoxy) is 3. The van der Waals surface area contributed by atoms with Crippen LogP contribution in [0.3, 0.4) is 0 Å². The summed E-state index contributed by atoms with van der Waals surface area (Å²) in [6, 6.07) is 6.80. The smallest absolute Gasteiger partial charge is 0.268 e. The van der Waals surface area contributed by atoms with E-state index < -0.39 is 15.9 Å². The molecule has 0 amide bonds. The molecule has 1 aliphatic heterocycles. The molecule has 0 saturated carbocycles. The molecular weight excluding hydrogens is 260 g/mol. The van der Waals surface area contributed by atoms with Crippen molar-refractivity contribution in [2.45, 2.75) is 6.10 Å². The molecule has 1 aromatic rings. The highest BCUT2D eigenvalue weighted by Crippen LogP contribution is 2.19. The van der Waals surface area contributed by atoms with Crippen molar-refractivity contribution < 1.29 is 27.2 Å². The average Bonchev–Trinajstić information content (AvgIpc) is 3.10. The summed E-state index contributed by atoms with van der Waals surface area (Å²) < 4.78 is 45.1. The first-order valence-electron chi connectivity index (χ1n) is 5.45. The summed E-state index contributed by atoms with van der Waals surface area (Å²) >= 11 is 0.